The lowest BCUT2D eigenvalue weighted by molar-refractivity contribution is -0.158. The normalized spacial score (nSPS) is 10.2. The van der Waals surface area contributed by atoms with Crippen molar-refractivity contribution in [1.82, 2.24) is 0 Å². The fraction of sp³-hybridized carbons (Fsp3) is 0.400. The van der Waals surface area contributed by atoms with Gasteiger partial charge in [0.15, 0.2) is 5.92 Å². The number of hydrogen-bond acceptors (Lipinski definition) is 5. The Labute approximate surface area is 102 Å². The Kier molecular flexibility index (Phi) is 4.76. The molecule has 0 fully saturated rings. The zero-order chi connectivity index (χ0) is 12.1. The van der Waals surface area contributed by atoms with Crippen LogP contribution in [0.4, 0.5) is 0 Å². The first-order valence-corrected chi connectivity index (χ1v) is 5.67. The van der Waals surface area contributed by atoms with E-state index in [1.54, 1.807) is 12.1 Å². The van der Waals surface area contributed by atoms with Crippen molar-refractivity contribution in [2.24, 2.45) is 5.92 Å². The molecule has 0 radical (unpaired) electrons. The quantitative estimate of drug-likeness (QED) is 0.614. The van der Waals surface area contributed by atoms with Crippen LogP contribution < -0.4 is 0 Å². The highest BCUT2D eigenvalue weighted by Crippen LogP contribution is 2.24. The van der Waals surface area contributed by atoms with Gasteiger partial charge < -0.3 is 9.47 Å². The van der Waals surface area contributed by atoms with Gasteiger partial charge in [-0.1, -0.05) is 11.6 Å². The van der Waals surface area contributed by atoms with Crippen LogP contribution in [0.15, 0.2) is 12.1 Å². The molecular weight excluding hydrogens is 252 g/mol. The number of hydrogen-bond donors (Lipinski definition) is 0. The SMILES string of the molecule is COC(=O)C(Cc1ccc(Cl)s1)C(=O)OC. The molecular formula is C10H11ClO4S. The summed E-state index contributed by atoms with van der Waals surface area (Å²) in [4.78, 5) is 23.6. The van der Waals surface area contributed by atoms with Crippen molar-refractivity contribution in [3.8, 4) is 0 Å². The Bertz CT molecular complexity index is 372. The van der Waals surface area contributed by atoms with E-state index < -0.39 is 17.9 Å². The van der Waals surface area contributed by atoms with Gasteiger partial charge in [-0.3, -0.25) is 9.59 Å². The van der Waals surface area contributed by atoms with E-state index in [0.717, 1.165) is 4.88 Å². The molecule has 0 unspecified atom stereocenters. The average Bonchev–Trinajstić information content (AvgIpc) is 2.69. The summed E-state index contributed by atoms with van der Waals surface area (Å²) in [6.45, 7) is 0. The largest absolute Gasteiger partial charge is 0.468 e. The number of ether oxygens (including phenoxy) is 2. The van der Waals surface area contributed by atoms with Crippen molar-refractivity contribution in [2.75, 3.05) is 14.2 Å². The Morgan fingerprint density at radius 3 is 2.25 bits per heavy atom. The molecule has 0 atom stereocenters. The number of carbonyl (C=O) groups is 2. The third kappa shape index (κ3) is 3.21. The molecule has 0 aliphatic carbocycles. The maximum atomic E-state index is 11.4. The predicted molar refractivity (Wildman–Crippen MR) is 60.6 cm³/mol. The van der Waals surface area contributed by atoms with Gasteiger partial charge in [0.25, 0.3) is 0 Å². The first-order valence-electron chi connectivity index (χ1n) is 4.48. The Morgan fingerprint density at radius 2 is 1.88 bits per heavy atom. The number of rotatable bonds is 4. The highest BCUT2D eigenvalue weighted by Gasteiger charge is 2.29. The Hall–Kier alpha value is -1.07. The highest BCUT2D eigenvalue weighted by atomic mass is 35.5. The second kappa shape index (κ2) is 5.86. The van der Waals surface area contributed by atoms with E-state index >= 15 is 0 Å². The molecule has 0 saturated heterocycles. The van der Waals surface area contributed by atoms with E-state index in [1.165, 1.54) is 25.6 Å². The van der Waals surface area contributed by atoms with E-state index in [-0.39, 0.29) is 6.42 Å². The van der Waals surface area contributed by atoms with Crippen LogP contribution in [0.1, 0.15) is 4.88 Å². The van der Waals surface area contributed by atoms with Crippen LogP contribution in [0.2, 0.25) is 4.34 Å². The van der Waals surface area contributed by atoms with Crippen molar-refractivity contribution in [3.63, 3.8) is 0 Å². The maximum absolute atomic E-state index is 11.4. The summed E-state index contributed by atoms with van der Waals surface area (Å²) in [5.41, 5.74) is 0. The van der Waals surface area contributed by atoms with Crippen LogP contribution in [-0.2, 0) is 25.5 Å². The Balaban J connectivity index is 2.78. The van der Waals surface area contributed by atoms with Crippen LogP contribution in [0.5, 0.6) is 0 Å². The van der Waals surface area contributed by atoms with Crippen LogP contribution in [0, 0.1) is 5.92 Å². The minimum Gasteiger partial charge on any atom is -0.468 e. The van der Waals surface area contributed by atoms with Crippen LogP contribution in [0.25, 0.3) is 0 Å². The molecule has 0 saturated carbocycles. The molecule has 4 nitrogen and oxygen atoms in total. The number of carbonyl (C=O) groups excluding carboxylic acids is 2. The van der Waals surface area contributed by atoms with Gasteiger partial charge in [0.05, 0.1) is 18.6 Å². The van der Waals surface area contributed by atoms with Crippen molar-refractivity contribution in [1.29, 1.82) is 0 Å². The van der Waals surface area contributed by atoms with Crippen molar-refractivity contribution in [3.05, 3.63) is 21.3 Å². The molecule has 0 amide bonds. The van der Waals surface area contributed by atoms with Crippen LogP contribution in [-0.4, -0.2) is 26.2 Å². The van der Waals surface area contributed by atoms with Gasteiger partial charge in [-0.2, -0.15) is 0 Å². The summed E-state index contributed by atoms with van der Waals surface area (Å²) >= 11 is 7.08. The third-order valence-electron chi connectivity index (χ3n) is 2.01. The molecule has 0 spiro atoms. The molecule has 0 N–H and O–H groups in total. The van der Waals surface area contributed by atoms with Crippen molar-refractivity contribution in [2.45, 2.75) is 6.42 Å². The molecule has 1 rings (SSSR count). The highest BCUT2D eigenvalue weighted by molar-refractivity contribution is 7.16. The lowest BCUT2D eigenvalue weighted by atomic mass is 10.1. The lowest BCUT2D eigenvalue weighted by Crippen LogP contribution is -2.28. The number of thiophene rings is 1. The van der Waals surface area contributed by atoms with E-state index in [4.69, 9.17) is 11.6 Å². The van der Waals surface area contributed by atoms with Gasteiger partial charge in [0, 0.05) is 11.3 Å². The number of methoxy groups -OCH3 is 2. The first kappa shape index (κ1) is 13.0. The van der Waals surface area contributed by atoms with Crippen molar-refractivity contribution < 1.29 is 19.1 Å². The second-order valence-electron chi connectivity index (χ2n) is 3.01. The minimum absolute atomic E-state index is 0.247. The summed E-state index contributed by atoms with van der Waals surface area (Å²) in [6, 6.07) is 3.49. The van der Waals surface area contributed by atoms with Crippen LogP contribution in [0.3, 0.4) is 0 Å². The summed E-state index contributed by atoms with van der Waals surface area (Å²) < 4.78 is 9.71. The van der Waals surface area contributed by atoms with E-state index in [1.807, 2.05) is 0 Å². The molecule has 1 aromatic heterocycles. The monoisotopic (exact) mass is 262 g/mol. The van der Waals surface area contributed by atoms with Crippen LogP contribution >= 0.6 is 22.9 Å². The molecule has 0 aliphatic rings. The van der Waals surface area contributed by atoms with Gasteiger partial charge in [-0.05, 0) is 12.1 Å². The first-order chi connectivity index (χ1) is 7.58. The topological polar surface area (TPSA) is 52.6 Å². The maximum Gasteiger partial charge on any atom is 0.320 e. The minimum atomic E-state index is -0.926. The second-order valence-corrected chi connectivity index (χ2v) is 4.81. The predicted octanol–water partition coefficient (Wildman–Crippen LogP) is 1.91. The van der Waals surface area contributed by atoms with Crippen molar-refractivity contribution >= 4 is 34.9 Å². The number of esters is 2. The smallest absolute Gasteiger partial charge is 0.320 e. The molecule has 16 heavy (non-hydrogen) atoms. The molecule has 0 aliphatic heterocycles. The van der Waals surface area contributed by atoms with Gasteiger partial charge in [0.2, 0.25) is 0 Å². The molecule has 6 heteroatoms. The van der Waals surface area contributed by atoms with E-state index in [9.17, 15) is 9.59 Å². The lowest BCUT2D eigenvalue weighted by Gasteiger charge is -2.10. The number of halogens is 1. The fourth-order valence-electron chi connectivity index (χ4n) is 1.21. The Morgan fingerprint density at radius 1 is 1.31 bits per heavy atom. The molecule has 1 heterocycles. The molecule has 0 aromatic carbocycles. The van der Waals surface area contributed by atoms with Gasteiger partial charge >= 0.3 is 11.9 Å². The molecule has 88 valence electrons. The summed E-state index contributed by atoms with van der Waals surface area (Å²) in [6.07, 6.45) is 0.247. The van der Waals surface area contributed by atoms with E-state index in [2.05, 4.69) is 9.47 Å². The summed E-state index contributed by atoms with van der Waals surface area (Å²) in [5.74, 6) is -2.13. The summed E-state index contributed by atoms with van der Waals surface area (Å²) in [5, 5.41) is 0. The average molecular weight is 263 g/mol. The third-order valence-corrected chi connectivity index (χ3v) is 3.26. The summed E-state index contributed by atoms with van der Waals surface area (Å²) in [7, 11) is 2.47. The van der Waals surface area contributed by atoms with Gasteiger partial charge in [-0.25, -0.2) is 0 Å². The van der Waals surface area contributed by atoms with Gasteiger partial charge in [-0.15, -0.1) is 11.3 Å². The molecule has 1 aromatic rings. The zero-order valence-corrected chi connectivity index (χ0v) is 10.4. The van der Waals surface area contributed by atoms with Gasteiger partial charge in [0.1, 0.15) is 0 Å². The standard InChI is InChI=1S/C10H11ClO4S/c1-14-9(12)7(10(13)15-2)5-6-3-4-8(11)16-6/h3-4,7H,5H2,1-2H3. The van der Waals surface area contributed by atoms with E-state index in [0.29, 0.717) is 4.34 Å². The zero-order valence-electron chi connectivity index (χ0n) is 8.86. The molecule has 0 bridgehead atoms. The fourth-order valence-corrected chi connectivity index (χ4v) is 2.34.